The Morgan fingerprint density at radius 1 is 1.11 bits per heavy atom. The van der Waals surface area contributed by atoms with Crippen LogP contribution in [0.4, 0.5) is 0 Å². The molecule has 36 heavy (non-hydrogen) atoms. The number of nitrogens with one attached hydrogen (secondary N) is 1. The molecule has 4 rings (SSSR count). The summed E-state index contributed by atoms with van der Waals surface area (Å²) in [5.41, 5.74) is 4.61. The Morgan fingerprint density at radius 2 is 1.86 bits per heavy atom. The summed E-state index contributed by atoms with van der Waals surface area (Å²) in [6, 6.07) is 10.1. The van der Waals surface area contributed by atoms with Crippen molar-refractivity contribution in [2.75, 3.05) is 26.7 Å². The maximum absolute atomic E-state index is 12.9. The lowest BCUT2D eigenvalue weighted by molar-refractivity contribution is 0.0950. The number of rotatable bonds is 9. The van der Waals surface area contributed by atoms with E-state index in [1.165, 1.54) is 24.8 Å². The molecule has 0 unspecified atom stereocenters. The predicted octanol–water partition coefficient (Wildman–Crippen LogP) is 6.03. The van der Waals surface area contributed by atoms with E-state index in [1.54, 1.807) is 0 Å². The highest BCUT2D eigenvalue weighted by molar-refractivity contribution is 5.93. The van der Waals surface area contributed by atoms with Crippen LogP contribution >= 0.6 is 24.8 Å². The molecule has 1 amide bonds. The Morgan fingerprint density at radius 3 is 2.53 bits per heavy atom. The number of likely N-dealkylation sites (N-methyl/N-ethyl adjacent to an activating group) is 1. The molecule has 0 atom stereocenters. The second-order valence-corrected chi connectivity index (χ2v) is 9.65. The third-order valence-electron chi connectivity index (χ3n) is 6.87. The second kappa shape index (κ2) is 15.2. The van der Waals surface area contributed by atoms with Crippen molar-refractivity contribution in [3.63, 3.8) is 0 Å². The molecule has 6 nitrogen and oxygen atoms in total. The quantitative estimate of drug-likeness (QED) is 0.397. The molecule has 1 aliphatic heterocycles. The molecule has 198 valence electrons. The fourth-order valence-corrected chi connectivity index (χ4v) is 4.65. The van der Waals surface area contributed by atoms with Crippen molar-refractivity contribution in [2.24, 2.45) is 0 Å². The Bertz CT molecular complexity index is 992. The molecule has 8 heteroatoms. The summed E-state index contributed by atoms with van der Waals surface area (Å²) in [6.07, 6.45) is 12.6. The van der Waals surface area contributed by atoms with Crippen LogP contribution in [-0.2, 0) is 6.42 Å². The lowest BCUT2D eigenvalue weighted by atomic mass is 9.97. The van der Waals surface area contributed by atoms with E-state index >= 15 is 0 Å². The average Bonchev–Trinajstić information content (AvgIpc) is 2.88. The number of ether oxygens (including phenoxy) is 1. The van der Waals surface area contributed by atoms with Crippen LogP contribution in [0.15, 0.2) is 42.0 Å². The van der Waals surface area contributed by atoms with E-state index in [1.807, 2.05) is 18.2 Å². The van der Waals surface area contributed by atoms with E-state index in [9.17, 15) is 4.79 Å². The third-order valence-corrected chi connectivity index (χ3v) is 6.87. The Kier molecular flexibility index (Phi) is 12.7. The van der Waals surface area contributed by atoms with Crippen molar-refractivity contribution in [3.8, 4) is 16.9 Å². The number of hydrogen-bond acceptors (Lipinski definition) is 5. The van der Waals surface area contributed by atoms with Crippen molar-refractivity contribution < 1.29 is 9.53 Å². The van der Waals surface area contributed by atoms with Crippen LogP contribution in [0.5, 0.6) is 5.75 Å². The molecule has 1 saturated carbocycles. The first-order chi connectivity index (χ1) is 16.6. The standard InChI is InChI=1S/C28H38N4O2.2ClH/c1-3-4-10-26-25(22-11-13-24(14-12-22)34-23-8-6-5-7-9-23)19-27(31-30-26)28(33)29-20-21-15-17-32(2)18-16-21;;/h11-15,19,23H,3-10,16-18,20H2,1-2H3,(H,29,33);2*1H. The maximum Gasteiger partial charge on any atom is 0.272 e. The van der Waals surface area contributed by atoms with Crippen LogP contribution < -0.4 is 10.1 Å². The first kappa shape index (κ1) is 30.1. The fourth-order valence-electron chi connectivity index (χ4n) is 4.65. The Hall–Kier alpha value is -2.15. The van der Waals surface area contributed by atoms with E-state index in [4.69, 9.17) is 4.74 Å². The molecule has 1 aliphatic carbocycles. The van der Waals surface area contributed by atoms with Gasteiger partial charge in [-0.1, -0.05) is 43.5 Å². The number of hydrogen-bond donors (Lipinski definition) is 1. The minimum atomic E-state index is -0.173. The van der Waals surface area contributed by atoms with Crippen molar-refractivity contribution in [1.29, 1.82) is 0 Å². The minimum absolute atomic E-state index is 0. The van der Waals surface area contributed by atoms with Gasteiger partial charge in [0, 0.05) is 25.2 Å². The molecule has 2 heterocycles. The topological polar surface area (TPSA) is 67.4 Å². The normalized spacial score (nSPS) is 16.3. The molecule has 1 aromatic heterocycles. The molecule has 0 saturated heterocycles. The molecule has 0 radical (unpaired) electrons. The second-order valence-electron chi connectivity index (χ2n) is 9.65. The molecule has 1 N–H and O–H groups in total. The van der Waals surface area contributed by atoms with Crippen LogP contribution in [-0.4, -0.2) is 53.8 Å². The number of nitrogens with zero attached hydrogens (tertiary/aromatic N) is 3. The zero-order chi connectivity index (χ0) is 23.8. The highest BCUT2D eigenvalue weighted by Gasteiger charge is 2.17. The third kappa shape index (κ3) is 8.46. The number of unbranched alkanes of at least 4 members (excludes halogenated alkanes) is 1. The monoisotopic (exact) mass is 534 g/mol. The van der Waals surface area contributed by atoms with Gasteiger partial charge < -0.3 is 15.0 Å². The van der Waals surface area contributed by atoms with E-state index in [-0.39, 0.29) is 30.7 Å². The lowest BCUT2D eigenvalue weighted by Gasteiger charge is -2.23. The smallest absolute Gasteiger partial charge is 0.272 e. The van der Waals surface area contributed by atoms with Gasteiger partial charge in [0.1, 0.15) is 5.75 Å². The summed E-state index contributed by atoms with van der Waals surface area (Å²) >= 11 is 0. The number of carbonyl (C=O) groups is 1. The highest BCUT2D eigenvalue weighted by Crippen LogP contribution is 2.28. The van der Waals surface area contributed by atoms with Crippen molar-refractivity contribution in [3.05, 3.63) is 53.4 Å². The zero-order valence-electron chi connectivity index (χ0n) is 21.5. The van der Waals surface area contributed by atoms with Gasteiger partial charge in [0.15, 0.2) is 5.69 Å². The van der Waals surface area contributed by atoms with Gasteiger partial charge in [-0.3, -0.25) is 4.79 Å². The van der Waals surface area contributed by atoms with Crippen molar-refractivity contribution >= 4 is 30.7 Å². The Balaban J connectivity index is 0.00000228. The van der Waals surface area contributed by atoms with Crippen molar-refractivity contribution in [1.82, 2.24) is 20.4 Å². The molecule has 1 aromatic carbocycles. The number of amides is 1. The number of aromatic nitrogens is 2. The number of aryl methyl sites for hydroxylation is 1. The zero-order valence-corrected chi connectivity index (χ0v) is 23.1. The summed E-state index contributed by atoms with van der Waals surface area (Å²) in [7, 11) is 2.11. The molecular formula is C28H40Cl2N4O2. The molecule has 2 aliphatic rings. The number of benzene rings is 1. The van der Waals surface area contributed by atoms with Gasteiger partial charge in [0.25, 0.3) is 5.91 Å². The average molecular weight is 536 g/mol. The largest absolute Gasteiger partial charge is 0.490 e. The molecular weight excluding hydrogens is 495 g/mol. The van der Waals surface area contributed by atoms with E-state index < -0.39 is 0 Å². The first-order valence-electron chi connectivity index (χ1n) is 12.9. The van der Waals surface area contributed by atoms with Gasteiger partial charge in [0.05, 0.1) is 11.8 Å². The van der Waals surface area contributed by atoms with E-state index in [2.05, 4.69) is 52.6 Å². The van der Waals surface area contributed by atoms with Crippen LogP contribution in [0.25, 0.3) is 11.1 Å². The van der Waals surface area contributed by atoms with Crippen molar-refractivity contribution in [2.45, 2.75) is 70.8 Å². The van der Waals surface area contributed by atoms with Gasteiger partial charge >= 0.3 is 0 Å². The summed E-state index contributed by atoms with van der Waals surface area (Å²) < 4.78 is 6.20. The van der Waals surface area contributed by atoms with E-state index in [0.29, 0.717) is 18.3 Å². The van der Waals surface area contributed by atoms with Crippen LogP contribution in [0, 0.1) is 0 Å². The maximum atomic E-state index is 12.9. The predicted molar refractivity (Wildman–Crippen MR) is 151 cm³/mol. The fraction of sp³-hybridized carbons (Fsp3) is 0.536. The highest BCUT2D eigenvalue weighted by atomic mass is 35.5. The molecule has 2 aromatic rings. The summed E-state index contributed by atoms with van der Waals surface area (Å²) in [6.45, 7) is 4.69. The Labute approximate surface area is 228 Å². The van der Waals surface area contributed by atoms with Gasteiger partial charge in [0.2, 0.25) is 0 Å². The van der Waals surface area contributed by atoms with Crippen LogP contribution in [0.3, 0.4) is 0 Å². The molecule has 0 bridgehead atoms. The summed E-state index contributed by atoms with van der Waals surface area (Å²) in [5, 5.41) is 11.8. The molecule has 0 spiro atoms. The lowest BCUT2D eigenvalue weighted by Crippen LogP contribution is -2.31. The SMILES string of the molecule is CCCCc1nnc(C(=O)NCC2=CCN(C)CC2)cc1-c1ccc(OC2CCCCC2)cc1.Cl.Cl. The molecule has 1 fully saturated rings. The minimum Gasteiger partial charge on any atom is -0.490 e. The summed E-state index contributed by atoms with van der Waals surface area (Å²) in [4.78, 5) is 15.1. The van der Waals surface area contributed by atoms with Crippen LogP contribution in [0.1, 0.15) is 74.5 Å². The van der Waals surface area contributed by atoms with Crippen LogP contribution in [0.2, 0.25) is 0 Å². The first-order valence-corrected chi connectivity index (χ1v) is 12.9. The van der Waals surface area contributed by atoms with E-state index in [0.717, 1.165) is 74.2 Å². The van der Waals surface area contributed by atoms with Gasteiger partial charge in [-0.15, -0.1) is 29.9 Å². The number of carbonyl (C=O) groups excluding carboxylic acids is 1. The summed E-state index contributed by atoms with van der Waals surface area (Å²) in [5.74, 6) is 0.741. The number of halogens is 2. The van der Waals surface area contributed by atoms with Gasteiger partial charge in [-0.2, -0.15) is 5.10 Å². The van der Waals surface area contributed by atoms with Gasteiger partial charge in [-0.05, 0) is 75.8 Å². The van der Waals surface area contributed by atoms with Gasteiger partial charge in [-0.25, -0.2) is 0 Å².